The van der Waals surface area contributed by atoms with Crippen LogP contribution in [0.25, 0.3) is 0 Å². The zero-order valence-electron chi connectivity index (χ0n) is 4.26. The van der Waals surface area contributed by atoms with E-state index in [9.17, 15) is 9.18 Å². The summed E-state index contributed by atoms with van der Waals surface area (Å²) in [6.07, 6.45) is 1.25. The van der Waals surface area contributed by atoms with Crippen LogP contribution in [0.1, 0.15) is 0 Å². The number of rotatable bonds is 4. The van der Waals surface area contributed by atoms with Crippen LogP contribution in [0.15, 0.2) is 4.99 Å². The highest BCUT2D eigenvalue weighted by molar-refractivity contribution is 5.32. The first-order valence-electron chi connectivity index (χ1n) is 2.09. The molecule has 0 aromatic heterocycles. The second kappa shape index (κ2) is 6.27. The minimum atomic E-state index is -0.547. The Morgan fingerprint density at radius 3 is 3.00 bits per heavy atom. The fourth-order valence-corrected chi connectivity index (χ4v) is 0.191. The summed E-state index contributed by atoms with van der Waals surface area (Å²) >= 11 is 0. The van der Waals surface area contributed by atoms with Gasteiger partial charge >= 0.3 is 0 Å². The average molecular weight is 119 g/mol. The molecule has 0 fully saturated rings. The van der Waals surface area contributed by atoms with E-state index in [1.807, 2.05) is 0 Å². The van der Waals surface area contributed by atoms with E-state index in [1.54, 1.807) is 0 Å². The van der Waals surface area contributed by atoms with Crippen LogP contribution in [0.4, 0.5) is 4.39 Å². The number of hydrogen-bond donors (Lipinski definition) is 0. The Bertz CT molecular complexity index is 90.0. The van der Waals surface area contributed by atoms with Gasteiger partial charge in [-0.25, -0.2) is 9.18 Å². The van der Waals surface area contributed by atoms with Crippen molar-refractivity contribution in [1.82, 2.24) is 0 Å². The molecule has 0 saturated carbocycles. The van der Waals surface area contributed by atoms with Gasteiger partial charge in [0.1, 0.15) is 13.4 Å². The Morgan fingerprint density at radius 2 is 2.50 bits per heavy atom. The van der Waals surface area contributed by atoms with Gasteiger partial charge in [0.2, 0.25) is 6.08 Å². The van der Waals surface area contributed by atoms with Crippen LogP contribution < -0.4 is 0 Å². The number of alkyl halides is 1. The summed E-state index contributed by atoms with van der Waals surface area (Å²) in [6.45, 7) is -0.646. The SMILES string of the molecule is O=C=NCOCCF. The maximum absolute atomic E-state index is 11.2. The first kappa shape index (κ1) is 7.27. The Labute approximate surface area is 46.2 Å². The molecule has 0 spiro atoms. The van der Waals surface area contributed by atoms with Crippen LogP contribution in [0.2, 0.25) is 0 Å². The van der Waals surface area contributed by atoms with Crippen molar-refractivity contribution in [1.29, 1.82) is 0 Å². The third-order valence-corrected chi connectivity index (χ3v) is 0.442. The lowest BCUT2D eigenvalue weighted by atomic mass is 10.8. The molecule has 0 aliphatic rings. The van der Waals surface area contributed by atoms with Crippen molar-refractivity contribution in [2.24, 2.45) is 4.99 Å². The number of nitrogens with zero attached hydrogens (tertiary/aromatic N) is 1. The molecule has 0 aromatic carbocycles. The molecule has 0 N–H and O–H groups in total. The Hall–Kier alpha value is -0.730. The van der Waals surface area contributed by atoms with E-state index < -0.39 is 6.67 Å². The molecule has 0 amide bonds. The summed E-state index contributed by atoms with van der Waals surface area (Å²) < 4.78 is 15.6. The molecule has 0 unspecified atom stereocenters. The number of aliphatic imine (C=N–C) groups is 1. The van der Waals surface area contributed by atoms with Crippen molar-refractivity contribution in [3.63, 3.8) is 0 Å². The number of carbonyl (C=O) groups excluding carboxylic acids is 1. The average Bonchev–Trinajstić information content (AvgIpc) is 1.81. The van der Waals surface area contributed by atoms with Crippen LogP contribution in [0.5, 0.6) is 0 Å². The van der Waals surface area contributed by atoms with Crippen LogP contribution in [0, 0.1) is 0 Å². The van der Waals surface area contributed by atoms with Gasteiger partial charge in [-0.2, -0.15) is 4.99 Å². The van der Waals surface area contributed by atoms with Crippen molar-refractivity contribution in [3.05, 3.63) is 0 Å². The van der Waals surface area contributed by atoms with Crippen LogP contribution in [-0.4, -0.2) is 26.1 Å². The standard InChI is InChI=1S/C4H6FNO2/c5-1-2-8-4-6-3-7/h1-2,4H2. The molecule has 46 valence electrons. The highest BCUT2D eigenvalue weighted by Gasteiger charge is 1.79. The number of ether oxygens (including phenoxy) is 1. The molecule has 0 saturated heterocycles. The minimum Gasteiger partial charge on any atom is -0.356 e. The maximum Gasteiger partial charge on any atom is 0.237 e. The highest BCUT2D eigenvalue weighted by atomic mass is 19.1. The van der Waals surface area contributed by atoms with E-state index in [1.165, 1.54) is 6.08 Å². The summed E-state index contributed by atoms with van der Waals surface area (Å²) in [5, 5.41) is 0. The number of halogens is 1. The zero-order chi connectivity index (χ0) is 6.24. The predicted octanol–water partition coefficient (Wildman–Crippen LogP) is 0.266. The molecule has 0 aliphatic carbocycles. The molecule has 0 aromatic rings. The fourth-order valence-electron chi connectivity index (χ4n) is 0.191. The number of hydrogen-bond acceptors (Lipinski definition) is 3. The molecule has 8 heavy (non-hydrogen) atoms. The quantitative estimate of drug-likeness (QED) is 0.302. The second-order valence-corrected chi connectivity index (χ2v) is 0.976. The van der Waals surface area contributed by atoms with E-state index in [0.29, 0.717) is 0 Å². The molecular weight excluding hydrogens is 113 g/mol. The molecular formula is C4H6FNO2. The van der Waals surface area contributed by atoms with Gasteiger partial charge in [0.25, 0.3) is 0 Å². The van der Waals surface area contributed by atoms with Crippen molar-refractivity contribution in [2.45, 2.75) is 0 Å². The van der Waals surface area contributed by atoms with Crippen LogP contribution in [0.3, 0.4) is 0 Å². The van der Waals surface area contributed by atoms with Gasteiger partial charge in [-0.05, 0) is 0 Å². The lowest BCUT2D eigenvalue weighted by molar-refractivity contribution is 0.126. The largest absolute Gasteiger partial charge is 0.356 e. The molecule has 0 radical (unpaired) electrons. The van der Waals surface area contributed by atoms with Gasteiger partial charge < -0.3 is 4.74 Å². The van der Waals surface area contributed by atoms with E-state index >= 15 is 0 Å². The van der Waals surface area contributed by atoms with Crippen molar-refractivity contribution >= 4 is 6.08 Å². The molecule has 4 heteroatoms. The van der Waals surface area contributed by atoms with Gasteiger partial charge in [0.15, 0.2) is 0 Å². The van der Waals surface area contributed by atoms with E-state index in [4.69, 9.17) is 0 Å². The molecule has 0 atom stereocenters. The first-order valence-corrected chi connectivity index (χ1v) is 2.09. The van der Waals surface area contributed by atoms with Crippen molar-refractivity contribution in [2.75, 3.05) is 20.0 Å². The van der Waals surface area contributed by atoms with E-state index in [-0.39, 0.29) is 13.3 Å². The topological polar surface area (TPSA) is 38.7 Å². The molecule has 0 bridgehead atoms. The summed E-state index contributed by atoms with van der Waals surface area (Å²) in [5.41, 5.74) is 0. The third kappa shape index (κ3) is 5.27. The number of isocyanates is 1. The second-order valence-electron chi connectivity index (χ2n) is 0.976. The van der Waals surface area contributed by atoms with Gasteiger partial charge in [-0.1, -0.05) is 0 Å². The lowest BCUT2D eigenvalue weighted by Gasteiger charge is -1.89. The van der Waals surface area contributed by atoms with Gasteiger partial charge in [0, 0.05) is 0 Å². The molecule has 0 heterocycles. The zero-order valence-corrected chi connectivity index (χ0v) is 4.26. The summed E-state index contributed by atoms with van der Waals surface area (Å²) in [6, 6.07) is 0. The fraction of sp³-hybridized carbons (Fsp3) is 0.750. The summed E-state index contributed by atoms with van der Waals surface area (Å²) in [4.78, 5) is 12.3. The third-order valence-electron chi connectivity index (χ3n) is 0.442. The minimum absolute atomic E-state index is 0.00875. The van der Waals surface area contributed by atoms with Crippen molar-refractivity contribution in [3.8, 4) is 0 Å². The highest BCUT2D eigenvalue weighted by Crippen LogP contribution is 1.74. The van der Waals surface area contributed by atoms with E-state index in [0.717, 1.165) is 0 Å². The molecule has 3 nitrogen and oxygen atoms in total. The van der Waals surface area contributed by atoms with Crippen molar-refractivity contribution < 1.29 is 13.9 Å². The van der Waals surface area contributed by atoms with Gasteiger partial charge in [0.05, 0.1) is 6.61 Å². The first-order chi connectivity index (χ1) is 3.91. The Morgan fingerprint density at radius 1 is 1.75 bits per heavy atom. The predicted molar refractivity (Wildman–Crippen MR) is 24.9 cm³/mol. The van der Waals surface area contributed by atoms with Crippen LogP contribution in [-0.2, 0) is 9.53 Å². The summed E-state index contributed by atoms with van der Waals surface area (Å²) in [7, 11) is 0. The van der Waals surface area contributed by atoms with Gasteiger partial charge in [-0.3, -0.25) is 0 Å². The lowest BCUT2D eigenvalue weighted by Crippen LogP contribution is -1.94. The van der Waals surface area contributed by atoms with Gasteiger partial charge in [-0.15, -0.1) is 0 Å². The van der Waals surface area contributed by atoms with Crippen LogP contribution >= 0.6 is 0 Å². The van der Waals surface area contributed by atoms with E-state index in [2.05, 4.69) is 9.73 Å². The maximum atomic E-state index is 11.2. The smallest absolute Gasteiger partial charge is 0.237 e. The normalized spacial score (nSPS) is 8.12. The molecule has 0 aliphatic heterocycles. The monoisotopic (exact) mass is 119 g/mol. The Balaban J connectivity index is 2.82. The Kier molecular flexibility index (Phi) is 5.70. The molecule has 0 rings (SSSR count). The summed E-state index contributed by atoms with van der Waals surface area (Å²) in [5.74, 6) is 0.